The highest BCUT2D eigenvalue weighted by molar-refractivity contribution is 7.16. The van der Waals surface area contributed by atoms with Crippen LogP contribution in [-0.2, 0) is 11.3 Å². The Balaban J connectivity index is 1.46. The van der Waals surface area contributed by atoms with Crippen LogP contribution in [0.3, 0.4) is 0 Å². The van der Waals surface area contributed by atoms with Crippen LogP contribution in [0.5, 0.6) is 0 Å². The van der Waals surface area contributed by atoms with E-state index >= 15 is 0 Å². The van der Waals surface area contributed by atoms with E-state index in [1.54, 1.807) is 11.3 Å². The van der Waals surface area contributed by atoms with Crippen molar-refractivity contribution in [3.63, 3.8) is 0 Å². The third-order valence-corrected chi connectivity index (χ3v) is 4.56. The van der Waals surface area contributed by atoms with Gasteiger partial charge in [-0.15, -0.1) is 11.3 Å². The zero-order valence-corrected chi connectivity index (χ0v) is 12.4. The highest BCUT2D eigenvalue weighted by Gasteiger charge is 2.12. The van der Waals surface area contributed by atoms with Crippen LogP contribution in [0.15, 0.2) is 12.1 Å². The summed E-state index contributed by atoms with van der Waals surface area (Å²) < 4.78 is 6.75. The Morgan fingerprint density at radius 3 is 2.83 bits per heavy atom. The van der Waals surface area contributed by atoms with E-state index in [1.165, 1.54) is 37.0 Å². The molecule has 1 heterocycles. The summed E-state index contributed by atoms with van der Waals surface area (Å²) in [7, 11) is 0. The summed E-state index contributed by atoms with van der Waals surface area (Å²) in [6.07, 6.45) is 8.25. The van der Waals surface area contributed by atoms with Crippen LogP contribution in [0, 0.1) is 0 Å². The summed E-state index contributed by atoms with van der Waals surface area (Å²) in [6, 6.07) is 4.04. The normalized spacial score (nSPS) is 17.2. The van der Waals surface area contributed by atoms with E-state index in [4.69, 9.17) is 16.3 Å². The molecule has 4 heteroatoms. The van der Waals surface area contributed by atoms with Crippen molar-refractivity contribution in [1.29, 1.82) is 0 Å². The van der Waals surface area contributed by atoms with Crippen LogP contribution in [-0.4, -0.2) is 19.3 Å². The molecular formula is C14H22ClNOS. The first-order chi connectivity index (χ1) is 8.84. The van der Waals surface area contributed by atoms with E-state index in [0.717, 1.165) is 30.5 Å². The fourth-order valence-corrected chi connectivity index (χ4v) is 3.39. The van der Waals surface area contributed by atoms with Crippen LogP contribution >= 0.6 is 22.9 Å². The molecule has 1 N–H and O–H groups in total. The maximum Gasteiger partial charge on any atom is 0.0931 e. The zero-order valence-electron chi connectivity index (χ0n) is 10.8. The molecule has 1 aromatic heterocycles. The highest BCUT2D eigenvalue weighted by atomic mass is 35.5. The second-order valence-corrected chi connectivity index (χ2v) is 6.67. The van der Waals surface area contributed by atoms with Crippen molar-refractivity contribution in [2.45, 2.75) is 51.2 Å². The molecular weight excluding hydrogens is 266 g/mol. The van der Waals surface area contributed by atoms with E-state index in [1.807, 2.05) is 6.07 Å². The number of nitrogens with one attached hydrogen (secondary N) is 1. The predicted octanol–water partition coefficient (Wildman–Crippen LogP) is 4.23. The lowest BCUT2D eigenvalue weighted by atomic mass is 9.98. The molecule has 0 aromatic carbocycles. The van der Waals surface area contributed by atoms with Crippen molar-refractivity contribution in [2.75, 3.05) is 13.2 Å². The lowest BCUT2D eigenvalue weighted by Gasteiger charge is -2.21. The molecule has 1 aromatic rings. The first-order valence-electron chi connectivity index (χ1n) is 6.91. The summed E-state index contributed by atoms with van der Waals surface area (Å²) in [5.74, 6) is 0. The van der Waals surface area contributed by atoms with Gasteiger partial charge < -0.3 is 10.1 Å². The number of halogens is 1. The molecule has 1 aliphatic rings. The van der Waals surface area contributed by atoms with Gasteiger partial charge in [-0.1, -0.05) is 30.9 Å². The Morgan fingerprint density at radius 1 is 1.28 bits per heavy atom. The van der Waals surface area contributed by atoms with Crippen molar-refractivity contribution < 1.29 is 4.74 Å². The van der Waals surface area contributed by atoms with Crippen molar-refractivity contribution in [2.24, 2.45) is 0 Å². The van der Waals surface area contributed by atoms with Crippen LogP contribution in [0.25, 0.3) is 0 Å². The van der Waals surface area contributed by atoms with E-state index in [0.29, 0.717) is 6.10 Å². The maximum absolute atomic E-state index is 5.88. The molecule has 1 aliphatic carbocycles. The molecule has 0 saturated heterocycles. The summed E-state index contributed by atoms with van der Waals surface area (Å²) in [4.78, 5) is 1.30. The summed E-state index contributed by atoms with van der Waals surface area (Å²) in [5.41, 5.74) is 0. The minimum Gasteiger partial charge on any atom is -0.378 e. The van der Waals surface area contributed by atoms with Gasteiger partial charge >= 0.3 is 0 Å². The second-order valence-electron chi connectivity index (χ2n) is 4.87. The number of rotatable bonds is 7. The fraction of sp³-hybridized carbons (Fsp3) is 0.714. The predicted molar refractivity (Wildman–Crippen MR) is 78.5 cm³/mol. The van der Waals surface area contributed by atoms with Gasteiger partial charge in [0, 0.05) is 18.0 Å². The van der Waals surface area contributed by atoms with Gasteiger partial charge in [0.15, 0.2) is 0 Å². The minimum atomic E-state index is 0.537. The Hall–Kier alpha value is -0.0900. The summed E-state index contributed by atoms with van der Waals surface area (Å²) in [6.45, 7) is 2.83. The molecule has 0 amide bonds. The van der Waals surface area contributed by atoms with Crippen LogP contribution in [0.1, 0.15) is 43.4 Å². The van der Waals surface area contributed by atoms with Gasteiger partial charge in [0.1, 0.15) is 0 Å². The van der Waals surface area contributed by atoms with E-state index < -0.39 is 0 Å². The molecule has 18 heavy (non-hydrogen) atoms. The number of hydrogen-bond donors (Lipinski definition) is 1. The minimum absolute atomic E-state index is 0.537. The van der Waals surface area contributed by atoms with Gasteiger partial charge in [0.25, 0.3) is 0 Å². The first-order valence-corrected chi connectivity index (χ1v) is 8.10. The van der Waals surface area contributed by atoms with Gasteiger partial charge in [-0.05, 0) is 37.9 Å². The Bertz CT molecular complexity index is 336. The van der Waals surface area contributed by atoms with Gasteiger partial charge in [0.05, 0.1) is 10.4 Å². The number of thiophene rings is 1. The number of hydrogen-bond acceptors (Lipinski definition) is 3. The van der Waals surface area contributed by atoms with Gasteiger partial charge in [-0.2, -0.15) is 0 Å². The van der Waals surface area contributed by atoms with Crippen LogP contribution in [0.2, 0.25) is 4.34 Å². The molecule has 0 atom stereocenters. The molecule has 1 saturated carbocycles. The Morgan fingerprint density at radius 2 is 2.11 bits per heavy atom. The lowest BCUT2D eigenvalue weighted by Crippen LogP contribution is -2.20. The third kappa shape index (κ3) is 5.27. The number of ether oxygens (including phenoxy) is 1. The van der Waals surface area contributed by atoms with Crippen LogP contribution in [0.4, 0.5) is 0 Å². The molecule has 0 bridgehead atoms. The van der Waals surface area contributed by atoms with E-state index in [2.05, 4.69) is 11.4 Å². The quantitative estimate of drug-likeness (QED) is 0.758. The Labute approximate surface area is 119 Å². The van der Waals surface area contributed by atoms with E-state index in [-0.39, 0.29) is 0 Å². The SMILES string of the molecule is Clc1ccc(CNCCCOC2CCCCC2)s1. The summed E-state index contributed by atoms with van der Waals surface area (Å²) in [5, 5.41) is 3.42. The summed E-state index contributed by atoms with van der Waals surface area (Å²) >= 11 is 7.53. The average molecular weight is 288 g/mol. The molecule has 0 radical (unpaired) electrons. The fourth-order valence-electron chi connectivity index (χ4n) is 2.34. The average Bonchev–Trinajstić information content (AvgIpc) is 2.81. The van der Waals surface area contributed by atoms with Gasteiger partial charge in [-0.25, -0.2) is 0 Å². The maximum atomic E-state index is 5.88. The molecule has 2 nitrogen and oxygen atoms in total. The van der Waals surface area contributed by atoms with Gasteiger partial charge in [-0.3, -0.25) is 0 Å². The standard InChI is InChI=1S/C14H22ClNOS/c15-14-8-7-13(18-14)11-16-9-4-10-17-12-5-2-1-3-6-12/h7-8,12,16H,1-6,9-11H2. The molecule has 2 rings (SSSR count). The second kappa shape index (κ2) is 8.16. The third-order valence-electron chi connectivity index (χ3n) is 3.33. The monoisotopic (exact) mass is 287 g/mol. The van der Waals surface area contributed by atoms with Crippen molar-refractivity contribution >= 4 is 22.9 Å². The lowest BCUT2D eigenvalue weighted by molar-refractivity contribution is 0.0273. The Kier molecular flexibility index (Phi) is 6.49. The van der Waals surface area contributed by atoms with Crippen molar-refractivity contribution in [3.8, 4) is 0 Å². The van der Waals surface area contributed by atoms with Crippen molar-refractivity contribution in [3.05, 3.63) is 21.3 Å². The van der Waals surface area contributed by atoms with E-state index in [9.17, 15) is 0 Å². The molecule has 0 aliphatic heterocycles. The molecule has 102 valence electrons. The highest BCUT2D eigenvalue weighted by Crippen LogP contribution is 2.21. The first kappa shape index (κ1) is 14.3. The van der Waals surface area contributed by atoms with Gasteiger partial charge in [0.2, 0.25) is 0 Å². The smallest absolute Gasteiger partial charge is 0.0931 e. The molecule has 0 spiro atoms. The van der Waals surface area contributed by atoms with Crippen molar-refractivity contribution in [1.82, 2.24) is 5.32 Å². The zero-order chi connectivity index (χ0) is 12.6. The molecule has 0 unspecified atom stereocenters. The molecule has 1 fully saturated rings. The van der Waals surface area contributed by atoms with Crippen LogP contribution < -0.4 is 5.32 Å². The topological polar surface area (TPSA) is 21.3 Å². The largest absolute Gasteiger partial charge is 0.378 e.